The first-order chi connectivity index (χ1) is 46.7. The van der Waals surface area contributed by atoms with E-state index in [2.05, 4.69) is 76.3 Å². The van der Waals surface area contributed by atoms with Crippen molar-refractivity contribution < 1.29 is 80.2 Å². The van der Waals surface area contributed by atoms with Crippen molar-refractivity contribution in [2.24, 2.45) is 0 Å². The van der Waals surface area contributed by atoms with Gasteiger partial charge in [0.1, 0.15) is 19.3 Å². The minimum absolute atomic E-state index is 0.0848. The van der Waals surface area contributed by atoms with Crippen LogP contribution in [0.1, 0.15) is 362 Å². The van der Waals surface area contributed by atoms with E-state index in [1.165, 1.54) is 141 Å². The third-order valence-corrected chi connectivity index (χ3v) is 18.7. The highest BCUT2D eigenvalue weighted by Crippen LogP contribution is 2.45. The Morgan fingerprint density at radius 2 is 0.531 bits per heavy atom. The van der Waals surface area contributed by atoms with Crippen LogP contribution in [-0.4, -0.2) is 96.7 Å². The van der Waals surface area contributed by atoms with Gasteiger partial charge in [0, 0.05) is 25.7 Å². The lowest BCUT2D eigenvalue weighted by atomic mass is 10.0. The largest absolute Gasteiger partial charge is 0.472 e. The van der Waals surface area contributed by atoms with E-state index in [0.29, 0.717) is 25.7 Å². The number of carbonyl (C=O) groups excluding carboxylic acids is 4. The zero-order chi connectivity index (χ0) is 70.4. The molecule has 0 aliphatic heterocycles. The first-order valence-corrected chi connectivity index (χ1v) is 41.9. The summed E-state index contributed by atoms with van der Waals surface area (Å²) in [6, 6.07) is 0. The van der Waals surface area contributed by atoms with Gasteiger partial charge in [0.15, 0.2) is 12.2 Å². The van der Waals surface area contributed by atoms with Gasteiger partial charge in [0.2, 0.25) is 0 Å². The highest BCUT2D eigenvalue weighted by Gasteiger charge is 2.30. The molecule has 5 atom stereocenters. The molecule has 0 aromatic heterocycles. The maximum Gasteiger partial charge on any atom is 0.472 e. The maximum absolute atomic E-state index is 13.1. The van der Waals surface area contributed by atoms with E-state index < -0.39 is 97.5 Å². The average Bonchev–Trinajstić information content (AvgIpc) is 1.15. The monoisotopic (exact) mass is 1400 g/mol. The summed E-state index contributed by atoms with van der Waals surface area (Å²) in [5.74, 6) is -2.17. The van der Waals surface area contributed by atoms with Gasteiger partial charge in [0.05, 0.1) is 26.4 Å². The summed E-state index contributed by atoms with van der Waals surface area (Å²) < 4.78 is 68.5. The van der Waals surface area contributed by atoms with Gasteiger partial charge in [-0.25, -0.2) is 9.13 Å². The number of unbranched alkanes of at least 4 members (excludes halogenated alkanes) is 40. The number of aliphatic hydroxyl groups is 1. The quantitative estimate of drug-likeness (QED) is 0.0169. The van der Waals surface area contributed by atoms with Crippen molar-refractivity contribution in [3.05, 3.63) is 48.6 Å². The molecule has 0 aromatic rings. The molecule has 0 radical (unpaired) electrons. The van der Waals surface area contributed by atoms with Crippen LogP contribution in [0.25, 0.3) is 0 Å². The van der Waals surface area contributed by atoms with Crippen LogP contribution >= 0.6 is 15.6 Å². The molecule has 19 heteroatoms. The minimum atomic E-state index is -4.97. The van der Waals surface area contributed by atoms with Crippen LogP contribution in [0.3, 0.4) is 0 Å². The second-order valence-electron chi connectivity index (χ2n) is 26.3. The Kier molecular flexibility index (Phi) is 68.3. The zero-order valence-corrected chi connectivity index (χ0v) is 63.1. The molecule has 0 saturated carbocycles. The van der Waals surface area contributed by atoms with Crippen LogP contribution in [0.5, 0.6) is 0 Å². The maximum atomic E-state index is 13.1. The van der Waals surface area contributed by atoms with Crippen LogP contribution in [0, 0.1) is 0 Å². The van der Waals surface area contributed by atoms with E-state index in [1.54, 1.807) is 0 Å². The molecule has 96 heavy (non-hydrogen) atoms. The Balaban J connectivity index is 5.31. The molecule has 562 valence electrons. The third kappa shape index (κ3) is 69.5. The highest BCUT2D eigenvalue weighted by atomic mass is 31.2. The molecule has 0 saturated heterocycles. The molecular weight excluding hydrogens is 1260 g/mol. The second-order valence-corrected chi connectivity index (χ2v) is 29.2. The summed E-state index contributed by atoms with van der Waals surface area (Å²) in [5, 5.41) is 10.6. The number of ether oxygens (including phenoxy) is 4. The van der Waals surface area contributed by atoms with E-state index in [0.717, 1.165) is 141 Å². The van der Waals surface area contributed by atoms with Crippen molar-refractivity contribution in [3.63, 3.8) is 0 Å². The van der Waals surface area contributed by atoms with Crippen LogP contribution in [-0.2, 0) is 65.4 Å². The molecule has 3 N–H and O–H groups in total. The lowest BCUT2D eigenvalue weighted by Gasteiger charge is -2.21. The molecule has 0 heterocycles. The summed E-state index contributed by atoms with van der Waals surface area (Å²) in [6.45, 7) is 4.82. The van der Waals surface area contributed by atoms with E-state index in [-0.39, 0.29) is 25.7 Å². The van der Waals surface area contributed by atoms with Crippen molar-refractivity contribution >= 4 is 39.5 Å². The predicted octanol–water partition coefficient (Wildman–Crippen LogP) is 22.1. The normalized spacial score (nSPS) is 14.2. The molecule has 0 amide bonds. The molecule has 0 aromatic carbocycles. The molecule has 0 rings (SSSR count). The zero-order valence-electron chi connectivity index (χ0n) is 61.3. The van der Waals surface area contributed by atoms with Crippen molar-refractivity contribution in [3.8, 4) is 0 Å². The predicted molar refractivity (Wildman–Crippen MR) is 390 cm³/mol. The van der Waals surface area contributed by atoms with Gasteiger partial charge in [-0.05, 0) is 83.5 Å². The molecule has 0 spiro atoms. The number of esters is 4. The van der Waals surface area contributed by atoms with E-state index >= 15 is 0 Å². The molecular formula is C77H142O17P2. The third-order valence-electron chi connectivity index (χ3n) is 16.8. The lowest BCUT2D eigenvalue weighted by Crippen LogP contribution is -2.30. The molecule has 5 unspecified atom stereocenters. The fourth-order valence-corrected chi connectivity index (χ4v) is 12.4. The number of hydrogen-bond donors (Lipinski definition) is 3. The number of allylic oxidation sites excluding steroid dienone is 8. The van der Waals surface area contributed by atoms with E-state index in [9.17, 15) is 43.2 Å². The summed E-state index contributed by atoms with van der Waals surface area (Å²) in [6.07, 6.45) is 66.6. The highest BCUT2D eigenvalue weighted by molar-refractivity contribution is 7.47. The van der Waals surface area contributed by atoms with Gasteiger partial charge in [-0.15, -0.1) is 0 Å². The Bertz CT molecular complexity index is 2010. The van der Waals surface area contributed by atoms with Gasteiger partial charge >= 0.3 is 39.5 Å². The van der Waals surface area contributed by atoms with Gasteiger partial charge in [-0.2, -0.15) is 0 Å². The van der Waals surface area contributed by atoms with Crippen molar-refractivity contribution in [1.29, 1.82) is 0 Å². The molecule has 0 aliphatic rings. The number of aliphatic hydroxyl groups excluding tert-OH is 1. The van der Waals surface area contributed by atoms with Crippen LogP contribution in [0.15, 0.2) is 48.6 Å². The molecule has 0 fully saturated rings. The summed E-state index contributed by atoms with van der Waals surface area (Å²) in [5.41, 5.74) is 0. The first-order valence-electron chi connectivity index (χ1n) is 38.9. The molecule has 17 nitrogen and oxygen atoms in total. The van der Waals surface area contributed by atoms with Crippen LogP contribution in [0.2, 0.25) is 0 Å². The van der Waals surface area contributed by atoms with E-state index in [1.807, 2.05) is 0 Å². The fraction of sp³-hybridized carbons (Fsp3) is 0.844. The first kappa shape index (κ1) is 93.0. The van der Waals surface area contributed by atoms with Crippen molar-refractivity contribution in [1.82, 2.24) is 0 Å². The van der Waals surface area contributed by atoms with E-state index in [4.69, 9.17) is 37.0 Å². The average molecular weight is 1400 g/mol. The second kappa shape index (κ2) is 70.5. The minimum Gasteiger partial charge on any atom is -0.462 e. The standard InChI is InChI=1S/C77H142O17P2/c1-5-9-13-17-21-25-29-33-35-39-41-45-49-53-57-61-74(79)87-67-72(93-76(81)63-59-55-51-47-43-37-31-27-23-19-15-11-7-3)69-91-95(83,84)89-65-71(78)66-90-96(85,86)92-70-73(94-77(82)64-60-56-52-48-44-38-32-28-24-20-16-12-8-4)68-88-75(80)62-58-54-50-46-42-40-36-34-30-26-22-18-14-10-6-2/h15,19,22,26-27,31,34,36,71-73,78H,5-14,16-18,20-21,23-25,28-30,32-33,35,37-70H2,1-4H3,(H,83,84)(H,85,86)/b19-15-,26-22-,31-27-,36-34-. The lowest BCUT2D eigenvalue weighted by molar-refractivity contribution is -0.161. The van der Waals surface area contributed by atoms with Gasteiger partial charge in [-0.3, -0.25) is 37.3 Å². The molecule has 0 bridgehead atoms. The number of phosphoric ester groups is 2. The number of phosphoric acid groups is 2. The van der Waals surface area contributed by atoms with Gasteiger partial charge in [0.25, 0.3) is 0 Å². The topological polar surface area (TPSA) is 237 Å². The number of hydrogen-bond acceptors (Lipinski definition) is 15. The smallest absolute Gasteiger partial charge is 0.462 e. The van der Waals surface area contributed by atoms with Crippen LogP contribution < -0.4 is 0 Å². The van der Waals surface area contributed by atoms with Crippen molar-refractivity contribution in [2.75, 3.05) is 39.6 Å². The summed E-state index contributed by atoms with van der Waals surface area (Å²) in [7, 11) is -9.93. The Labute approximate surface area is 585 Å². The van der Waals surface area contributed by atoms with Gasteiger partial charge in [-0.1, -0.05) is 301 Å². The van der Waals surface area contributed by atoms with Crippen molar-refractivity contribution in [2.45, 2.75) is 380 Å². The molecule has 0 aliphatic carbocycles. The van der Waals surface area contributed by atoms with Crippen LogP contribution in [0.4, 0.5) is 0 Å². The summed E-state index contributed by atoms with van der Waals surface area (Å²) >= 11 is 0. The Morgan fingerprint density at radius 3 is 0.833 bits per heavy atom. The summed E-state index contributed by atoms with van der Waals surface area (Å²) in [4.78, 5) is 72.8. The number of rotatable bonds is 74. The fourth-order valence-electron chi connectivity index (χ4n) is 10.8. The SMILES string of the molecule is CCC/C=C\C/C=C\CCCCCCCC(=O)OC(COC(=O)CCCCCCCCCCCCCCCCC)COP(=O)(O)OCC(O)COP(=O)(O)OCC(COC(=O)CCCCCCC/C=C\C/C=C\CCCCC)OC(=O)CCCCCCCCCCCCCCC. The Hall–Kier alpha value is -2.98. The Morgan fingerprint density at radius 1 is 0.292 bits per heavy atom. The number of carbonyl (C=O) groups is 4. The van der Waals surface area contributed by atoms with Gasteiger partial charge < -0.3 is 33.8 Å².